The third kappa shape index (κ3) is 3.26. The minimum Gasteiger partial charge on any atom is -0.383 e. The topological polar surface area (TPSA) is 55.6 Å². The molecule has 0 saturated heterocycles. The van der Waals surface area contributed by atoms with E-state index in [1.807, 2.05) is 11.9 Å². The number of carbonyl (C=O) groups excluding carboxylic acids is 1. The van der Waals surface area contributed by atoms with Crippen molar-refractivity contribution in [3.8, 4) is 0 Å². The second kappa shape index (κ2) is 5.88. The Labute approximate surface area is 128 Å². The molecule has 1 atom stereocenters. The van der Waals surface area contributed by atoms with E-state index in [1.165, 1.54) is 38.5 Å². The van der Waals surface area contributed by atoms with Crippen molar-refractivity contribution in [1.29, 1.82) is 0 Å². The molecule has 4 fully saturated rings. The van der Waals surface area contributed by atoms with E-state index < -0.39 is 0 Å². The number of nitrogens with two attached hydrogens (primary N) is 1. The molecule has 4 heteroatoms. The predicted molar refractivity (Wildman–Crippen MR) is 82.7 cm³/mol. The Kier molecular flexibility index (Phi) is 4.28. The highest BCUT2D eigenvalue weighted by Crippen LogP contribution is 2.61. The van der Waals surface area contributed by atoms with Crippen molar-refractivity contribution < 1.29 is 9.53 Å². The summed E-state index contributed by atoms with van der Waals surface area (Å²) < 4.78 is 5.06. The van der Waals surface area contributed by atoms with E-state index in [9.17, 15) is 4.79 Å². The van der Waals surface area contributed by atoms with E-state index in [0.717, 1.165) is 24.2 Å². The standard InChI is InChI=1S/C17H30N2O2/c1-19(10-15(18)11-21-2)16(20)9-17-6-12-3-13(7-17)5-14(4-12)8-17/h12-15H,3-11,18H2,1-2H3. The lowest BCUT2D eigenvalue weighted by atomic mass is 9.49. The van der Waals surface area contributed by atoms with E-state index in [2.05, 4.69) is 0 Å². The fourth-order valence-electron chi connectivity index (χ4n) is 5.68. The van der Waals surface area contributed by atoms with Crippen molar-refractivity contribution in [3.05, 3.63) is 0 Å². The minimum absolute atomic E-state index is 0.0830. The normalized spacial score (nSPS) is 38.5. The van der Waals surface area contributed by atoms with Gasteiger partial charge in [0.05, 0.1) is 6.61 Å². The molecule has 1 amide bonds. The van der Waals surface area contributed by atoms with Gasteiger partial charge in [-0.15, -0.1) is 0 Å². The number of carbonyl (C=O) groups is 1. The van der Waals surface area contributed by atoms with Gasteiger partial charge in [0.1, 0.15) is 0 Å². The monoisotopic (exact) mass is 294 g/mol. The van der Waals surface area contributed by atoms with Crippen LogP contribution in [0, 0.1) is 23.2 Å². The summed E-state index contributed by atoms with van der Waals surface area (Å²) >= 11 is 0. The highest BCUT2D eigenvalue weighted by Gasteiger charge is 2.51. The Balaban J connectivity index is 1.57. The molecule has 1 unspecified atom stereocenters. The van der Waals surface area contributed by atoms with Crippen molar-refractivity contribution in [3.63, 3.8) is 0 Å². The van der Waals surface area contributed by atoms with Gasteiger partial charge >= 0.3 is 0 Å². The first-order valence-electron chi connectivity index (χ1n) is 8.48. The number of ether oxygens (including phenoxy) is 1. The molecular weight excluding hydrogens is 264 g/mol. The SMILES string of the molecule is COCC(N)CN(C)C(=O)CC12CC3CC(CC(C3)C1)C2. The number of hydrogen-bond acceptors (Lipinski definition) is 3. The molecular formula is C17H30N2O2. The molecule has 0 aromatic heterocycles. The van der Waals surface area contributed by atoms with Gasteiger partial charge in [-0.2, -0.15) is 0 Å². The molecule has 2 N–H and O–H groups in total. The molecule has 4 aliphatic carbocycles. The minimum atomic E-state index is -0.0830. The van der Waals surface area contributed by atoms with Crippen LogP contribution in [0.3, 0.4) is 0 Å². The van der Waals surface area contributed by atoms with E-state index in [0.29, 0.717) is 18.6 Å². The van der Waals surface area contributed by atoms with Crippen LogP contribution in [-0.2, 0) is 9.53 Å². The van der Waals surface area contributed by atoms with Crippen molar-refractivity contribution in [1.82, 2.24) is 4.90 Å². The molecule has 120 valence electrons. The average molecular weight is 294 g/mol. The molecule has 0 spiro atoms. The van der Waals surface area contributed by atoms with E-state index in [4.69, 9.17) is 10.5 Å². The molecule has 21 heavy (non-hydrogen) atoms. The molecule has 4 aliphatic rings. The second-order valence-electron chi connectivity index (χ2n) is 8.08. The molecule has 4 saturated carbocycles. The Morgan fingerprint density at radius 1 is 1.24 bits per heavy atom. The van der Waals surface area contributed by atoms with Gasteiger partial charge in [-0.25, -0.2) is 0 Å². The van der Waals surface area contributed by atoms with Gasteiger partial charge in [0, 0.05) is 33.2 Å². The maximum Gasteiger partial charge on any atom is 0.222 e. The molecule has 0 radical (unpaired) electrons. The van der Waals surface area contributed by atoms with E-state index in [-0.39, 0.29) is 11.9 Å². The van der Waals surface area contributed by atoms with Crippen molar-refractivity contribution >= 4 is 5.91 Å². The van der Waals surface area contributed by atoms with Crippen LogP contribution in [0.5, 0.6) is 0 Å². The van der Waals surface area contributed by atoms with Crippen LogP contribution < -0.4 is 5.73 Å². The Morgan fingerprint density at radius 3 is 2.24 bits per heavy atom. The van der Waals surface area contributed by atoms with Crippen molar-refractivity contribution in [2.75, 3.05) is 27.3 Å². The zero-order valence-corrected chi connectivity index (χ0v) is 13.5. The third-order valence-corrected chi connectivity index (χ3v) is 6.01. The summed E-state index contributed by atoms with van der Waals surface area (Å²) in [5.74, 6) is 3.00. The Hall–Kier alpha value is -0.610. The number of likely N-dealkylation sites (N-methyl/N-ethyl adjacent to an activating group) is 1. The number of nitrogens with zero attached hydrogens (tertiary/aromatic N) is 1. The molecule has 0 aromatic carbocycles. The van der Waals surface area contributed by atoms with Crippen molar-refractivity contribution in [2.45, 2.75) is 51.0 Å². The summed E-state index contributed by atoms with van der Waals surface area (Å²) in [5, 5.41) is 0. The summed E-state index contributed by atoms with van der Waals surface area (Å²) in [6.45, 7) is 1.11. The molecule has 4 rings (SSSR count). The maximum absolute atomic E-state index is 12.6. The highest BCUT2D eigenvalue weighted by atomic mass is 16.5. The third-order valence-electron chi connectivity index (χ3n) is 6.01. The first-order chi connectivity index (χ1) is 9.99. The second-order valence-corrected chi connectivity index (χ2v) is 8.08. The number of methoxy groups -OCH3 is 1. The van der Waals surface area contributed by atoms with Gasteiger partial charge in [0.25, 0.3) is 0 Å². The lowest BCUT2D eigenvalue weighted by molar-refractivity contribution is -0.138. The fourth-order valence-corrected chi connectivity index (χ4v) is 5.68. The highest BCUT2D eigenvalue weighted by molar-refractivity contribution is 5.76. The van der Waals surface area contributed by atoms with Gasteiger partial charge in [0.2, 0.25) is 5.91 Å². The van der Waals surface area contributed by atoms with Gasteiger partial charge in [-0.3, -0.25) is 4.79 Å². The smallest absolute Gasteiger partial charge is 0.222 e. The van der Waals surface area contributed by atoms with E-state index in [1.54, 1.807) is 7.11 Å². The quantitative estimate of drug-likeness (QED) is 0.815. The predicted octanol–water partition coefficient (Wildman–Crippen LogP) is 2.02. The van der Waals surface area contributed by atoms with Crippen LogP contribution in [0.4, 0.5) is 0 Å². The zero-order chi connectivity index (χ0) is 15.0. The van der Waals surface area contributed by atoms with Crippen LogP contribution in [0.1, 0.15) is 44.9 Å². The van der Waals surface area contributed by atoms with E-state index >= 15 is 0 Å². The van der Waals surface area contributed by atoms with Gasteiger partial charge in [-0.1, -0.05) is 0 Å². The van der Waals surface area contributed by atoms with Crippen molar-refractivity contribution in [2.24, 2.45) is 28.9 Å². The number of amides is 1. The fraction of sp³-hybridized carbons (Fsp3) is 0.941. The summed E-state index contributed by atoms with van der Waals surface area (Å²) in [5.41, 5.74) is 6.29. The molecule has 0 heterocycles. The first kappa shape index (κ1) is 15.3. The number of rotatable bonds is 6. The summed E-state index contributed by atoms with van der Waals surface area (Å²) in [6.07, 6.45) is 8.92. The number of hydrogen-bond donors (Lipinski definition) is 1. The van der Waals surface area contributed by atoms with Gasteiger partial charge < -0.3 is 15.4 Å². The van der Waals surface area contributed by atoms with Gasteiger partial charge in [0.15, 0.2) is 0 Å². The summed E-state index contributed by atoms with van der Waals surface area (Å²) in [4.78, 5) is 14.4. The average Bonchev–Trinajstić information content (AvgIpc) is 2.36. The summed E-state index contributed by atoms with van der Waals surface area (Å²) in [7, 11) is 3.54. The van der Waals surface area contributed by atoms with Crippen LogP contribution in [-0.4, -0.2) is 44.2 Å². The lowest BCUT2D eigenvalue weighted by Crippen LogP contribution is -2.49. The van der Waals surface area contributed by atoms with Crippen LogP contribution in [0.25, 0.3) is 0 Å². The Bertz CT molecular complexity index is 361. The summed E-state index contributed by atoms with van der Waals surface area (Å²) in [6, 6.07) is -0.0830. The Morgan fingerprint density at radius 2 is 1.76 bits per heavy atom. The van der Waals surface area contributed by atoms with Crippen LogP contribution in [0.15, 0.2) is 0 Å². The largest absolute Gasteiger partial charge is 0.383 e. The first-order valence-corrected chi connectivity index (χ1v) is 8.48. The molecule has 0 aliphatic heterocycles. The van der Waals surface area contributed by atoms with Crippen LogP contribution in [0.2, 0.25) is 0 Å². The van der Waals surface area contributed by atoms with Gasteiger partial charge in [-0.05, 0) is 61.7 Å². The lowest BCUT2D eigenvalue weighted by Gasteiger charge is -2.57. The zero-order valence-electron chi connectivity index (χ0n) is 13.5. The molecule has 4 nitrogen and oxygen atoms in total. The van der Waals surface area contributed by atoms with Crippen LogP contribution >= 0.6 is 0 Å². The molecule has 4 bridgehead atoms. The molecule has 0 aromatic rings. The maximum atomic E-state index is 12.6.